The van der Waals surface area contributed by atoms with Gasteiger partial charge in [0.15, 0.2) is 0 Å². The fourth-order valence-corrected chi connectivity index (χ4v) is 1.65. The second kappa shape index (κ2) is 3.34. The number of carbonyl (C=O) groups is 2. The van der Waals surface area contributed by atoms with Gasteiger partial charge in [-0.25, -0.2) is 4.39 Å². The zero-order valence-electron chi connectivity index (χ0n) is 7.87. The Kier molecular flexibility index (Phi) is 2.15. The van der Waals surface area contributed by atoms with Gasteiger partial charge < -0.3 is 5.73 Å². The second-order valence-electron chi connectivity index (χ2n) is 3.22. The maximum Gasteiger partial charge on any atom is 0.263 e. The van der Waals surface area contributed by atoms with Gasteiger partial charge in [0.2, 0.25) is 0 Å². The van der Waals surface area contributed by atoms with Gasteiger partial charge in [0.25, 0.3) is 11.8 Å². The lowest BCUT2D eigenvalue weighted by Gasteiger charge is -2.10. The average Bonchev–Trinajstić information content (AvgIpc) is 2.45. The van der Waals surface area contributed by atoms with Gasteiger partial charge in [0.1, 0.15) is 6.67 Å². The number of nitrogens with zero attached hydrogens (tertiary/aromatic N) is 1. The summed E-state index contributed by atoms with van der Waals surface area (Å²) in [4.78, 5) is 24.2. The molecule has 78 valence electrons. The fraction of sp³-hybridized carbons (Fsp3) is 0.200. The standard InChI is InChI=1S/C10H9FN2O2/c11-4-5-13-9(14)6-2-1-3-7(12)8(6)10(13)15/h1-3H,4-5,12H2. The molecule has 1 aliphatic heterocycles. The van der Waals surface area contributed by atoms with Crippen LogP contribution < -0.4 is 5.73 Å². The summed E-state index contributed by atoms with van der Waals surface area (Å²) in [5.41, 5.74) is 6.29. The van der Waals surface area contributed by atoms with E-state index in [-0.39, 0.29) is 23.4 Å². The molecule has 1 aromatic rings. The number of nitrogens with two attached hydrogens (primary N) is 1. The van der Waals surface area contributed by atoms with E-state index in [4.69, 9.17) is 5.73 Å². The minimum absolute atomic E-state index is 0.191. The van der Waals surface area contributed by atoms with E-state index >= 15 is 0 Å². The van der Waals surface area contributed by atoms with Gasteiger partial charge in [-0.3, -0.25) is 14.5 Å². The van der Waals surface area contributed by atoms with E-state index in [1.807, 2.05) is 0 Å². The van der Waals surface area contributed by atoms with Crippen molar-refractivity contribution in [3.05, 3.63) is 29.3 Å². The highest BCUT2D eigenvalue weighted by atomic mass is 19.1. The molecule has 2 rings (SSSR count). The number of fused-ring (bicyclic) bond motifs is 1. The van der Waals surface area contributed by atoms with Crippen LogP contribution >= 0.6 is 0 Å². The van der Waals surface area contributed by atoms with Crippen LogP contribution in [0.2, 0.25) is 0 Å². The van der Waals surface area contributed by atoms with Crippen molar-refractivity contribution in [2.24, 2.45) is 0 Å². The number of hydrogen-bond acceptors (Lipinski definition) is 3. The monoisotopic (exact) mass is 208 g/mol. The second-order valence-corrected chi connectivity index (χ2v) is 3.22. The van der Waals surface area contributed by atoms with Crippen LogP contribution in [0.4, 0.5) is 10.1 Å². The number of halogens is 1. The van der Waals surface area contributed by atoms with Gasteiger partial charge >= 0.3 is 0 Å². The van der Waals surface area contributed by atoms with E-state index in [2.05, 4.69) is 0 Å². The van der Waals surface area contributed by atoms with Gasteiger partial charge in [0, 0.05) is 5.69 Å². The lowest BCUT2D eigenvalue weighted by molar-refractivity contribution is 0.0644. The number of anilines is 1. The third kappa shape index (κ3) is 1.27. The first-order chi connectivity index (χ1) is 7.16. The minimum Gasteiger partial charge on any atom is -0.398 e. The number of carbonyl (C=O) groups excluding carboxylic acids is 2. The molecule has 0 aromatic heterocycles. The molecule has 0 radical (unpaired) electrons. The van der Waals surface area contributed by atoms with Crippen LogP contribution in [0.15, 0.2) is 18.2 Å². The van der Waals surface area contributed by atoms with Crippen LogP contribution in [0.3, 0.4) is 0 Å². The Balaban J connectivity index is 2.51. The van der Waals surface area contributed by atoms with E-state index in [0.717, 1.165) is 4.90 Å². The van der Waals surface area contributed by atoms with Crippen molar-refractivity contribution >= 4 is 17.5 Å². The summed E-state index contributed by atoms with van der Waals surface area (Å²) in [7, 11) is 0. The van der Waals surface area contributed by atoms with E-state index in [0.29, 0.717) is 0 Å². The fourth-order valence-electron chi connectivity index (χ4n) is 1.65. The molecule has 1 aromatic carbocycles. The molecule has 0 fully saturated rings. The molecule has 0 atom stereocenters. The number of hydrogen-bond donors (Lipinski definition) is 1. The maximum absolute atomic E-state index is 12.1. The molecule has 2 N–H and O–H groups in total. The zero-order valence-corrected chi connectivity index (χ0v) is 7.87. The van der Waals surface area contributed by atoms with Crippen LogP contribution in [0.5, 0.6) is 0 Å². The molecule has 1 aliphatic rings. The van der Waals surface area contributed by atoms with Gasteiger partial charge in [-0.05, 0) is 12.1 Å². The highest BCUT2D eigenvalue weighted by molar-refractivity contribution is 6.23. The van der Waals surface area contributed by atoms with Crippen LogP contribution in [0, 0.1) is 0 Å². The third-order valence-corrected chi connectivity index (χ3v) is 2.34. The summed E-state index contributed by atoms with van der Waals surface area (Å²) in [6, 6.07) is 4.66. The normalized spacial score (nSPS) is 14.6. The summed E-state index contributed by atoms with van der Waals surface area (Å²) in [6.45, 7) is -0.961. The third-order valence-electron chi connectivity index (χ3n) is 2.34. The molecule has 0 spiro atoms. The Labute approximate surface area is 85.5 Å². The first-order valence-corrected chi connectivity index (χ1v) is 4.47. The van der Waals surface area contributed by atoms with Gasteiger partial charge in [-0.1, -0.05) is 6.07 Å². The molecule has 2 amide bonds. The molecule has 0 aliphatic carbocycles. The molecular weight excluding hydrogens is 199 g/mol. The molecule has 1 heterocycles. The smallest absolute Gasteiger partial charge is 0.263 e. The first kappa shape index (κ1) is 9.64. The predicted molar refractivity (Wildman–Crippen MR) is 52.2 cm³/mol. The lowest BCUT2D eigenvalue weighted by Crippen LogP contribution is -2.31. The number of nitrogen functional groups attached to an aromatic ring is 1. The number of amides is 2. The molecular formula is C10H9FN2O2. The molecule has 4 nitrogen and oxygen atoms in total. The number of alkyl halides is 1. The van der Waals surface area contributed by atoms with Crippen LogP contribution in [-0.2, 0) is 0 Å². The number of rotatable bonds is 2. The van der Waals surface area contributed by atoms with E-state index < -0.39 is 18.5 Å². The summed E-state index contributed by atoms with van der Waals surface area (Å²) >= 11 is 0. The summed E-state index contributed by atoms with van der Waals surface area (Å²) in [5, 5.41) is 0. The maximum atomic E-state index is 12.1. The molecule has 0 saturated heterocycles. The predicted octanol–water partition coefficient (Wildman–Crippen LogP) is 0.834. The Morgan fingerprint density at radius 1 is 1.27 bits per heavy atom. The summed E-state index contributed by atoms with van der Waals surface area (Å²) < 4.78 is 12.1. The molecule has 0 bridgehead atoms. The van der Waals surface area contributed by atoms with E-state index in [1.165, 1.54) is 6.07 Å². The van der Waals surface area contributed by atoms with Crippen molar-refractivity contribution in [1.82, 2.24) is 4.90 Å². The van der Waals surface area contributed by atoms with Crippen molar-refractivity contribution in [1.29, 1.82) is 0 Å². The van der Waals surface area contributed by atoms with E-state index in [9.17, 15) is 14.0 Å². The Morgan fingerprint density at radius 2 is 2.00 bits per heavy atom. The highest BCUT2D eigenvalue weighted by Gasteiger charge is 2.36. The molecule has 15 heavy (non-hydrogen) atoms. The van der Waals surface area contributed by atoms with Crippen molar-refractivity contribution in [3.8, 4) is 0 Å². The number of imide groups is 1. The van der Waals surface area contributed by atoms with Crippen LogP contribution in [0.25, 0.3) is 0 Å². The van der Waals surface area contributed by atoms with Crippen molar-refractivity contribution < 1.29 is 14.0 Å². The van der Waals surface area contributed by atoms with Crippen molar-refractivity contribution in [2.75, 3.05) is 19.0 Å². The summed E-state index contributed by atoms with van der Waals surface area (Å²) in [6.07, 6.45) is 0. The molecule has 0 unspecified atom stereocenters. The lowest BCUT2D eigenvalue weighted by atomic mass is 10.1. The van der Waals surface area contributed by atoms with Crippen molar-refractivity contribution in [2.45, 2.75) is 0 Å². The largest absolute Gasteiger partial charge is 0.398 e. The molecule has 0 saturated carbocycles. The SMILES string of the molecule is Nc1cccc2c1C(=O)N(CCF)C2=O. The topological polar surface area (TPSA) is 63.4 Å². The van der Waals surface area contributed by atoms with Gasteiger partial charge in [-0.2, -0.15) is 0 Å². The van der Waals surface area contributed by atoms with Crippen molar-refractivity contribution in [3.63, 3.8) is 0 Å². The van der Waals surface area contributed by atoms with E-state index in [1.54, 1.807) is 12.1 Å². The van der Waals surface area contributed by atoms with Crippen LogP contribution in [-0.4, -0.2) is 29.9 Å². The quantitative estimate of drug-likeness (QED) is 0.578. The van der Waals surface area contributed by atoms with Gasteiger partial charge in [-0.15, -0.1) is 0 Å². The Morgan fingerprint density at radius 3 is 2.60 bits per heavy atom. The Hall–Kier alpha value is -1.91. The average molecular weight is 208 g/mol. The number of benzene rings is 1. The Bertz CT molecular complexity index is 445. The van der Waals surface area contributed by atoms with Crippen LogP contribution in [0.1, 0.15) is 20.7 Å². The first-order valence-electron chi connectivity index (χ1n) is 4.47. The molecule has 5 heteroatoms. The summed E-state index contributed by atoms with van der Waals surface area (Å²) in [5.74, 6) is -0.981. The minimum atomic E-state index is -0.745. The van der Waals surface area contributed by atoms with Gasteiger partial charge in [0.05, 0.1) is 17.7 Å². The zero-order chi connectivity index (χ0) is 11.0. The highest BCUT2D eigenvalue weighted by Crippen LogP contribution is 2.27.